The normalized spacial score (nSPS) is 12.2. The number of carbonyl (C=O) groups is 1. The molecule has 8 heteroatoms. The number of rotatable bonds is 8. The van der Waals surface area contributed by atoms with E-state index < -0.39 is 15.9 Å². The molecule has 1 atom stereocenters. The molecule has 1 unspecified atom stereocenters. The Bertz CT molecular complexity index is 1260. The van der Waals surface area contributed by atoms with Gasteiger partial charge in [0.1, 0.15) is 10.6 Å². The van der Waals surface area contributed by atoms with Gasteiger partial charge in [0, 0.05) is 5.56 Å². The number of hydrogen-bond acceptors (Lipinski definition) is 4. The largest absolute Gasteiger partial charge is 0.494 e. The molecule has 33 heavy (non-hydrogen) atoms. The molecule has 0 saturated heterocycles. The molecule has 0 aromatic heterocycles. The monoisotopic (exact) mass is 486 g/mol. The van der Waals surface area contributed by atoms with Crippen molar-refractivity contribution < 1.29 is 17.9 Å². The Kier molecular flexibility index (Phi) is 7.66. The Morgan fingerprint density at radius 3 is 2.42 bits per heavy atom. The summed E-state index contributed by atoms with van der Waals surface area (Å²) in [6.07, 6.45) is 0. The number of sulfonamides is 1. The van der Waals surface area contributed by atoms with E-state index in [0.717, 1.165) is 22.4 Å². The molecule has 0 spiro atoms. The van der Waals surface area contributed by atoms with Crippen LogP contribution in [0.3, 0.4) is 0 Å². The molecule has 3 aromatic carbocycles. The van der Waals surface area contributed by atoms with Crippen LogP contribution < -0.4 is 14.8 Å². The molecule has 0 aliphatic carbocycles. The van der Waals surface area contributed by atoms with Gasteiger partial charge in [-0.25, -0.2) is 8.42 Å². The van der Waals surface area contributed by atoms with Gasteiger partial charge in [0.05, 0.1) is 23.4 Å². The topological polar surface area (TPSA) is 84.5 Å². The number of anilines is 1. The lowest BCUT2D eigenvalue weighted by atomic mass is 10.1. The van der Waals surface area contributed by atoms with Crippen LogP contribution in [0.25, 0.3) is 0 Å². The fraction of sp³-hybridized carbons (Fsp3) is 0.240. The van der Waals surface area contributed by atoms with Gasteiger partial charge in [-0.15, -0.1) is 0 Å². The number of carbonyl (C=O) groups excluding carboxylic acids is 1. The standard InChI is InChI=1S/C25H27ClN2O4S/c1-5-32-21-12-9-19(10-13-21)18(4)27-25(29)20-11-14-22(26)24(15-20)33(30,31)28-23-8-6-7-16(2)17(23)3/h6-15,18,28H,5H2,1-4H3,(H,27,29). The van der Waals surface area contributed by atoms with Crippen LogP contribution in [0.4, 0.5) is 5.69 Å². The van der Waals surface area contributed by atoms with Crippen LogP contribution in [0.15, 0.2) is 65.6 Å². The zero-order valence-electron chi connectivity index (χ0n) is 19.0. The van der Waals surface area contributed by atoms with E-state index in [4.69, 9.17) is 16.3 Å². The molecule has 0 heterocycles. The van der Waals surface area contributed by atoms with Crippen LogP contribution in [0.1, 0.15) is 46.9 Å². The molecular weight excluding hydrogens is 460 g/mol. The molecule has 6 nitrogen and oxygen atoms in total. The van der Waals surface area contributed by atoms with E-state index in [1.165, 1.54) is 18.2 Å². The quantitative estimate of drug-likeness (QED) is 0.431. The molecule has 0 aliphatic heterocycles. The van der Waals surface area contributed by atoms with Gasteiger partial charge in [0.15, 0.2) is 0 Å². The first kappa shape index (κ1) is 24.6. The summed E-state index contributed by atoms with van der Waals surface area (Å²) in [5, 5.41) is 2.92. The van der Waals surface area contributed by atoms with E-state index >= 15 is 0 Å². The minimum absolute atomic E-state index is 0.0314. The van der Waals surface area contributed by atoms with Crippen LogP contribution in [0.5, 0.6) is 5.75 Å². The Morgan fingerprint density at radius 1 is 1.06 bits per heavy atom. The fourth-order valence-electron chi connectivity index (χ4n) is 3.29. The van der Waals surface area contributed by atoms with Crippen molar-refractivity contribution in [2.24, 2.45) is 0 Å². The maximum absolute atomic E-state index is 13.1. The van der Waals surface area contributed by atoms with Crippen LogP contribution in [-0.2, 0) is 10.0 Å². The first-order valence-corrected chi connectivity index (χ1v) is 12.4. The van der Waals surface area contributed by atoms with Gasteiger partial charge in [-0.3, -0.25) is 9.52 Å². The average Bonchev–Trinajstić information content (AvgIpc) is 2.77. The Labute approximate surface area is 200 Å². The van der Waals surface area contributed by atoms with E-state index in [-0.39, 0.29) is 21.5 Å². The smallest absolute Gasteiger partial charge is 0.263 e. The van der Waals surface area contributed by atoms with Crippen LogP contribution in [0, 0.1) is 13.8 Å². The fourth-order valence-corrected chi connectivity index (χ4v) is 4.94. The zero-order valence-corrected chi connectivity index (χ0v) is 20.5. The first-order chi connectivity index (χ1) is 15.6. The summed E-state index contributed by atoms with van der Waals surface area (Å²) in [5.74, 6) is 0.347. The summed E-state index contributed by atoms with van der Waals surface area (Å²) in [6, 6.07) is 16.7. The lowest BCUT2D eigenvalue weighted by Crippen LogP contribution is -2.27. The predicted octanol–water partition coefficient (Wildman–Crippen LogP) is 5.65. The van der Waals surface area contributed by atoms with Crippen LogP contribution >= 0.6 is 11.6 Å². The molecule has 0 bridgehead atoms. The number of nitrogens with one attached hydrogen (secondary N) is 2. The van der Waals surface area contributed by atoms with Gasteiger partial charge >= 0.3 is 0 Å². The number of aryl methyl sites for hydroxylation is 1. The van der Waals surface area contributed by atoms with Crippen molar-refractivity contribution in [3.63, 3.8) is 0 Å². The second-order valence-electron chi connectivity index (χ2n) is 7.70. The summed E-state index contributed by atoms with van der Waals surface area (Å²) < 4.78 is 34.1. The van der Waals surface area contributed by atoms with E-state index in [1.807, 2.05) is 58.0 Å². The van der Waals surface area contributed by atoms with E-state index in [1.54, 1.807) is 12.1 Å². The third-order valence-electron chi connectivity index (χ3n) is 5.37. The Hall–Kier alpha value is -3.03. The van der Waals surface area contributed by atoms with Crippen molar-refractivity contribution in [1.29, 1.82) is 0 Å². The lowest BCUT2D eigenvalue weighted by Gasteiger charge is -2.16. The molecule has 0 radical (unpaired) electrons. The number of benzene rings is 3. The van der Waals surface area contributed by atoms with Crippen molar-refractivity contribution >= 4 is 33.2 Å². The second kappa shape index (κ2) is 10.3. The maximum atomic E-state index is 13.1. The Balaban J connectivity index is 1.81. The van der Waals surface area contributed by atoms with Crippen molar-refractivity contribution in [3.8, 4) is 5.75 Å². The SMILES string of the molecule is CCOc1ccc(C(C)NC(=O)c2ccc(Cl)c(S(=O)(=O)Nc3cccc(C)c3C)c2)cc1. The highest BCUT2D eigenvalue weighted by molar-refractivity contribution is 7.92. The number of hydrogen-bond donors (Lipinski definition) is 2. The summed E-state index contributed by atoms with van der Waals surface area (Å²) in [6.45, 7) is 8.07. The lowest BCUT2D eigenvalue weighted by molar-refractivity contribution is 0.0939. The summed E-state index contributed by atoms with van der Waals surface area (Å²) in [4.78, 5) is 12.7. The molecule has 2 N–H and O–H groups in total. The molecule has 0 fully saturated rings. The minimum atomic E-state index is -4.01. The van der Waals surface area contributed by atoms with Crippen molar-refractivity contribution in [3.05, 3.63) is 87.9 Å². The third-order valence-corrected chi connectivity index (χ3v) is 7.22. The van der Waals surface area contributed by atoms with Gasteiger partial charge in [-0.1, -0.05) is 35.9 Å². The number of halogens is 1. The van der Waals surface area contributed by atoms with Gasteiger partial charge in [0.2, 0.25) is 0 Å². The van der Waals surface area contributed by atoms with Gasteiger partial charge < -0.3 is 10.1 Å². The third kappa shape index (κ3) is 5.86. The minimum Gasteiger partial charge on any atom is -0.494 e. The van der Waals surface area contributed by atoms with Gasteiger partial charge in [0.25, 0.3) is 15.9 Å². The summed E-state index contributed by atoms with van der Waals surface area (Å²) in [7, 11) is -4.01. The van der Waals surface area contributed by atoms with Crippen LogP contribution in [-0.4, -0.2) is 20.9 Å². The van der Waals surface area contributed by atoms with Crippen LogP contribution in [0.2, 0.25) is 5.02 Å². The molecular formula is C25H27ClN2O4S. The number of amides is 1. The molecule has 0 saturated carbocycles. The van der Waals surface area contributed by atoms with E-state index in [0.29, 0.717) is 12.3 Å². The highest BCUT2D eigenvalue weighted by atomic mass is 35.5. The van der Waals surface area contributed by atoms with Crippen molar-refractivity contribution in [1.82, 2.24) is 5.32 Å². The highest BCUT2D eigenvalue weighted by Crippen LogP contribution is 2.27. The average molecular weight is 487 g/mol. The predicted molar refractivity (Wildman–Crippen MR) is 132 cm³/mol. The van der Waals surface area contributed by atoms with Gasteiger partial charge in [-0.05, 0) is 80.8 Å². The van der Waals surface area contributed by atoms with Gasteiger partial charge in [-0.2, -0.15) is 0 Å². The maximum Gasteiger partial charge on any atom is 0.263 e. The second-order valence-corrected chi connectivity index (χ2v) is 9.75. The molecule has 0 aliphatic rings. The molecule has 174 valence electrons. The van der Waals surface area contributed by atoms with E-state index in [9.17, 15) is 13.2 Å². The Morgan fingerprint density at radius 2 is 1.76 bits per heavy atom. The summed E-state index contributed by atoms with van der Waals surface area (Å²) in [5.41, 5.74) is 3.32. The van der Waals surface area contributed by atoms with E-state index in [2.05, 4.69) is 10.0 Å². The summed E-state index contributed by atoms with van der Waals surface area (Å²) >= 11 is 6.20. The first-order valence-electron chi connectivity index (χ1n) is 10.5. The number of ether oxygens (including phenoxy) is 1. The zero-order chi connectivity index (χ0) is 24.2. The molecule has 3 aromatic rings. The molecule has 3 rings (SSSR count). The van der Waals surface area contributed by atoms with Crippen molar-refractivity contribution in [2.75, 3.05) is 11.3 Å². The highest BCUT2D eigenvalue weighted by Gasteiger charge is 2.22. The molecule has 1 amide bonds. The van der Waals surface area contributed by atoms with Crippen molar-refractivity contribution in [2.45, 2.75) is 38.6 Å².